The number of primary amides is 1. The number of carbonyl (C=O) groups excluding carboxylic acids is 1. The summed E-state index contributed by atoms with van der Waals surface area (Å²) in [4.78, 5) is 18.3. The monoisotopic (exact) mass is 255 g/mol. The van der Waals surface area contributed by atoms with Crippen LogP contribution in [0.3, 0.4) is 0 Å². The summed E-state index contributed by atoms with van der Waals surface area (Å²) in [5.74, 6) is 0.743. The highest BCUT2D eigenvalue weighted by Crippen LogP contribution is 2.24. The van der Waals surface area contributed by atoms with E-state index < -0.39 is 6.09 Å². The lowest BCUT2D eigenvalue weighted by Crippen LogP contribution is -2.19. The van der Waals surface area contributed by atoms with Gasteiger partial charge in [0.2, 0.25) is 5.88 Å². The molecule has 0 aliphatic heterocycles. The third kappa shape index (κ3) is 4.32. The van der Waals surface area contributed by atoms with Crippen molar-refractivity contribution in [3.63, 3.8) is 0 Å². The van der Waals surface area contributed by atoms with Crippen molar-refractivity contribution < 1.29 is 14.3 Å². The van der Waals surface area contributed by atoms with Crippen LogP contribution in [0.1, 0.15) is 13.8 Å². The summed E-state index contributed by atoms with van der Waals surface area (Å²) in [6.07, 6.45) is 0.482. The molecule has 0 spiro atoms. The first kappa shape index (κ1) is 13.8. The minimum atomic E-state index is -0.823. The Morgan fingerprint density at radius 2 is 2.22 bits per heavy atom. The number of nitrogens with one attached hydrogen (secondary N) is 1. The molecule has 8 nitrogen and oxygen atoms in total. The van der Waals surface area contributed by atoms with Crippen LogP contribution in [0.15, 0.2) is 6.33 Å². The number of rotatable bonds is 6. The van der Waals surface area contributed by atoms with Crippen molar-refractivity contribution in [2.24, 2.45) is 5.73 Å². The fraction of sp³-hybridized carbons (Fsp3) is 0.500. The Hall–Kier alpha value is -2.25. The number of ether oxygens (including phenoxy) is 2. The Labute approximate surface area is 105 Å². The maximum absolute atomic E-state index is 10.4. The van der Waals surface area contributed by atoms with E-state index in [1.54, 1.807) is 0 Å². The SMILES string of the molecule is CC(C)Oc1ncnc(NCCOC(N)=O)c1N. The van der Waals surface area contributed by atoms with Crippen LogP contribution in [0.4, 0.5) is 16.3 Å². The molecule has 0 radical (unpaired) electrons. The Morgan fingerprint density at radius 1 is 1.50 bits per heavy atom. The molecule has 1 aromatic heterocycles. The fourth-order valence-corrected chi connectivity index (χ4v) is 1.16. The third-order valence-corrected chi connectivity index (χ3v) is 1.83. The first-order valence-corrected chi connectivity index (χ1v) is 5.44. The van der Waals surface area contributed by atoms with Crippen LogP contribution >= 0.6 is 0 Å². The minimum Gasteiger partial charge on any atom is -0.473 e. The van der Waals surface area contributed by atoms with Gasteiger partial charge in [-0.15, -0.1) is 0 Å². The van der Waals surface area contributed by atoms with Gasteiger partial charge in [-0.1, -0.05) is 0 Å². The van der Waals surface area contributed by atoms with Crippen LogP contribution in [0, 0.1) is 0 Å². The number of anilines is 2. The van der Waals surface area contributed by atoms with Gasteiger partial charge in [-0.05, 0) is 13.8 Å². The van der Waals surface area contributed by atoms with Gasteiger partial charge in [0.15, 0.2) is 5.82 Å². The maximum atomic E-state index is 10.4. The summed E-state index contributed by atoms with van der Waals surface area (Å²) >= 11 is 0. The summed E-state index contributed by atoms with van der Waals surface area (Å²) in [6.45, 7) is 4.20. The highest BCUT2D eigenvalue weighted by atomic mass is 16.5. The molecule has 8 heteroatoms. The molecule has 18 heavy (non-hydrogen) atoms. The Kier molecular flexibility index (Phi) is 4.97. The molecular formula is C10H17N5O3. The predicted octanol–water partition coefficient (Wildman–Crippen LogP) is 0.353. The second-order valence-electron chi connectivity index (χ2n) is 3.70. The lowest BCUT2D eigenvalue weighted by Gasteiger charge is -2.13. The Morgan fingerprint density at radius 3 is 2.83 bits per heavy atom. The van der Waals surface area contributed by atoms with Crippen molar-refractivity contribution in [2.45, 2.75) is 20.0 Å². The standard InChI is InChI=1S/C10H17N5O3/c1-6(2)18-9-7(11)8(14-5-15-9)13-3-4-17-10(12)16/h5-6H,3-4,11H2,1-2H3,(H2,12,16)(H,13,14,15). The van der Waals surface area contributed by atoms with Crippen LogP contribution in [-0.4, -0.2) is 35.3 Å². The minimum absolute atomic E-state index is 0.0340. The quantitative estimate of drug-likeness (QED) is 0.626. The smallest absolute Gasteiger partial charge is 0.404 e. The zero-order valence-corrected chi connectivity index (χ0v) is 10.3. The molecule has 0 fully saturated rings. The van der Waals surface area contributed by atoms with E-state index in [2.05, 4.69) is 20.0 Å². The number of hydrogen-bond donors (Lipinski definition) is 3. The number of carbonyl (C=O) groups is 1. The summed E-state index contributed by atoms with van der Waals surface area (Å²) in [6, 6.07) is 0. The lowest BCUT2D eigenvalue weighted by molar-refractivity contribution is 0.161. The van der Waals surface area contributed by atoms with Crippen molar-refractivity contribution in [3.8, 4) is 5.88 Å². The number of aromatic nitrogens is 2. The normalized spacial score (nSPS) is 10.2. The number of hydrogen-bond acceptors (Lipinski definition) is 7. The third-order valence-electron chi connectivity index (χ3n) is 1.83. The zero-order valence-electron chi connectivity index (χ0n) is 10.3. The van der Waals surface area contributed by atoms with Gasteiger partial charge < -0.3 is 26.3 Å². The van der Waals surface area contributed by atoms with E-state index in [4.69, 9.17) is 16.2 Å². The molecule has 0 saturated carbocycles. The summed E-state index contributed by atoms with van der Waals surface area (Å²) in [5, 5.41) is 2.89. The van der Waals surface area contributed by atoms with Gasteiger partial charge >= 0.3 is 6.09 Å². The highest BCUT2D eigenvalue weighted by Gasteiger charge is 2.10. The van der Waals surface area contributed by atoms with Crippen LogP contribution in [-0.2, 0) is 4.74 Å². The van der Waals surface area contributed by atoms with Gasteiger partial charge in [0.1, 0.15) is 18.6 Å². The van der Waals surface area contributed by atoms with Crippen LogP contribution in [0.5, 0.6) is 5.88 Å². The Bertz CT molecular complexity index is 410. The molecule has 0 atom stereocenters. The van der Waals surface area contributed by atoms with E-state index in [9.17, 15) is 4.79 Å². The first-order chi connectivity index (χ1) is 8.50. The molecule has 100 valence electrons. The first-order valence-electron chi connectivity index (χ1n) is 5.44. The van der Waals surface area contributed by atoms with Gasteiger partial charge in [0.25, 0.3) is 0 Å². The van der Waals surface area contributed by atoms with Crippen molar-refractivity contribution in [2.75, 3.05) is 24.2 Å². The molecule has 0 aromatic carbocycles. The Balaban J connectivity index is 2.57. The molecule has 1 heterocycles. The fourth-order valence-electron chi connectivity index (χ4n) is 1.16. The van der Waals surface area contributed by atoms with Crippen LogP contribution in [0.2, 0.25) is 0 Å². The lowest BCUT2D eigenvalue weighted by atomic mass is 10.4. The van der Waals surface area contributed by atoms with Crippen LogP contribution in [0.25, 0.3) is 0 Å². The predicted molar refractivity (Wildman–Crippen MR) is 66.2 cm³/mol. The second-order valence-corrected chi connectivity index (χ2v) is 3.70. The highest BCUT2D eigenvalue weighted by molar-refractivity contribution is 5.66. The largest absolute Gasteiger partial charge is 0.473 e. The number of nitrogens with zero attached hydrogens (tertiary/aromatic N) is 2. The van der Waals surface area contributed by atoms with Crippen LogP contribution < -0.4 is 21.5 Å². The second kappa shape index (κ2) is 6.48. The molecule has 0 aliphatic rings. The molecule has 0 unspecified atom stereocenters. The molecule has 0 aliphatic carbocycles. The average Bonchev–Trinajstić information content (AvgIpc) is 2.28. The molecule has 0 saturated heterocycles. The molecule has 1 rings (SSSR count). The molecular weight excluding hydrogens is 238 g/mol. The molecule has 1 amide bonds. The van der Waals surface area contributed by atoms with Crippen molar-refractivity contribution in [1.29, 1.82) is 0 Å². The van der Waals surface area contributed by atoms with Crippen molar-refractivity contribution in [1.82, 2.24) is 9.97 Å². The molecule has 5 N–H and O–H groups in total. The maximum Gasteiger partial charge on any atom is 0.404 e. The van der Waals surface area contributed by atoms with Gasteiger partial charge in [0, 0.05) is 0 Å². The van der Waals surface area contributed by atoms with E-state index in [1.807, 2.05) is 13.8 Å². The summed E-state index contributed by atoms with van der Waals surface area (Å²) in [5.41, 5.74) is 11.0. The number of nitrogen functional groups attached to an aromatic ring is 1. The average molecular weight is 255 g/mol. The van der Waals surface area contributed by atoms with Gasteiger partial charge in [-0.25, -0.2) is 9.78 Å². The molecule has 0 bridgehead atoms. The number of amides is 1. The zero-order chi connectivity index (χ0) is 13.5. The molecule has 1 aromatic rings. The van der Waals surface area contributed by atoms with Crippen molar-refractivity contribution in [3.05, 3.63) is 6.33 Å². The van der Waals surface area contributed by atoms with Gasteiger partial charge in [0.05, 0.1) is 12.6 Å². The van der Waals surface area contributed by atoms with E-state index in [0.29, 0.717) is 23.9 Å². The van der Waals surface area contributed by atoms with Gasteiger partial charge in [-0.3, -0.25) is 0 Å². The van der Waals surface area contributed by atoms with E-state index >= 15 is 0 Å². The topological polar surface area (TPSA) is 125 Å². The van der Waals surface area contributed by atoms with E-state index in [-0.39, 0.29) is 12.7 Å². The van der Waals surface area contributed by atoms with E-state index in [0.717, 1.165) is 0 Å². The summed E-state index contributed by atoms with van der Waals surface area (Å²) in [7, 11) is 0. The van der Waals surface area contributed by atoms with Crippen molar-refractivity contribution >= 4 is 17.6 Å². The van der Waals surface area contributed by atoms with E-state index in [1.165, 1.54) is 6.33 Å². The van der Waals surface area contributed by atoms with Gasteiger partial charge in [-0.2, -0.15) is 4.98 Å². The number of nitrogens with two attached hydrogens (primary N) is 2. The summed E-state index contributed by atoms with van der Waals surface area (Å²) < 4.78 is 9.97.